The lowest BCUT2D eigenvalue weighted by Gasteiger charge is -2.18. The first-order valence-corrected chi connectivity index (χ1v) is 17.1. The van der Waals surface area contributed by atoms with Crippen LogP contribution >= 0.6 is 11.8 Å². The highest BCUT2D eigenvalue weighted by molar-refractivity contribution is 7.99. The van der Waals surface area contributed by atoms with E-state index in [4.69, 9.17) is 9.99 Å². The predicted molar refractivity (Wildman–Crippen MR) is 161 cm³/mol. The molecule has 2 N–H and O–H groups in total. The van der Waals surface area contributed by atoms with Gasteiger partial charge in [-0.1, -0.05) is 136 Å². The third-order valence-corrected chi connectivity index (χ3v) is 8.16. The van der Waals surface area contributed by atoms with E-state index in [0.29, 0.717) is 6.42 Å². The summed E-state index contributed by atoms with van der Waals surface area (Å²) in [6.07, 6.45) is 29.0. The van der Waals surface area contributed by atoms with E-state index in [2.05, 4.69) is 24.1 Å². The van der Waals surface area contributed by atoms with Gasteiger partial charge in [-0.25, -0.2) is 4.89 Å². The Kier molecular flexibility index (Phi) is 31.7. The van der Waals surface area contributed by atoms with Crippen LogP contribution in [0.25, 0.3) is 0 Å². The van der Waals surface area contributed by atoms with Crippen LogP contribution in [0, 0.1) is 0 Å². The average molecular weight is 546 g/mol. The van der Waals surface area contributed by atoms with E-state index < -0.39 is 0 Å². The molecular formula is C31H63NO4S. The minimum Gasteiger partial charge on any atom is -0.461 e. The summed E-state index contributed by atoms with van der Waals surface area (Å²) in [5.41, 5.74) is 0. The molecule has 0 aromatic heterocycles. The van der Waals surface area contributed by atoms with E-state index in [9.17, 15) is 4.79 Å². The second-order valence-corrected chi connectivity index (χ2v) is 11.9. The van der Waals surface area contributed by atoms with Crippen LogP contribution in [0.15, 0.2) is 0 Å². The lowest BCUT2D eigenvalue weighted by atomic mass is 10.0. The Labute approximate surface area is 234 Å². The van der Waals surface area contributed by atoms with Gasteiger partial charge in [-0.15, -0.1) is 0 Å². The third kappa shape index (κ3) is 30.1. The summed E-state index contributed by atoms with van der Waals surface area (Å²) in [6, 6.07) is 0. The molecule has 1 unspecified atom stereocenters. The van der Waals surface area contributed by atoms with Gasteiger partial charge in [-0.2, -0.15) is 11.8 Å². The highest BCUT2D eigenvalue weighted by Crippen LogP contribution is 2.17. The number of ether oxygens (including phenoxy) is 1. The van der Waals surface area contributed by atoms with Crippen molar-refractivity contribution in [3.05, 3.63) is 0 Å². The zero-order chi connectivity index (χ0) is 27.1. The molecule has 0 aliphatic carbocycles. The van der Waals surface area contributed by atoms with Gasteiger partial charge in [-0.05, 0) is 19.3 Å². The molecule has 0 aromatic rings. The van der Waals surface area contributed by atoms with Gasteiger partial charge in [0, 0.05) is 24.5 Å². The topological polar surface area (TPSA) is 67.8 Å². The van der Waals surface area contributed by atoms with Gasteiger partial charge >= 0.3 is 5.97 Å². The van der Waals surface area contributed by atoms with Crippen molar-refractivity contribution in [3.8, 4) is 0 Å². The summed E-state index contributed by atoms with van der Waals surface area (Å²) < 4.78 is 5.91. The molecule has 0 radical (unpaired) electrons. The van der Waals surface area contributed by atoms with Crippen molar-refractivity contribution in [1.29, 1.82) is 0 Å². The Morgan fingerprint density at radius 3 is 1.65 bits per heavy atom. The summed E-state index contributed by atoms with van der Waals surface area (Å²) >= 11 is 1.80. The van der Waals surface area contributed by atoms with Crippen molar-refractivity contribution in [1.82, 2.24) is 5.32 Å². The number of thioether (sulfide) groups is 1. The van der Waals surface area contributed by atoms with Gasteiger partial charge in [0.25, 0.3) is 0 Å². The third-order valence-electron chi connectivity index (χ3n) is 7.06. The summed E-state index contributed by atoms with van der Waals surface area (Å²) in [4.78, 5) is 16.5. The predicted octanol–water partition coefficient (Wildman–Crippen LogP) is 9.68. The molecular weight excluding hydrogens is 482 g/mol. The smallest absolute Gasteiger partial charge is 0.306 e. The standard InChI is InChI=1S/C31H63NO4S/c1-3-5-7-9-11-13-14-15-17-18-20-22-24-30(28-37-27-26-32-29-35-34)36-31(33)25-23-21-19-16-12-10-8-6-4-2/h30,32,34H,3-29H2,1-2H3. The van der Waals surface area contributed by atoms with Crippen molar-refractivity contribution >= 4 is 17.7 Å². The van der Waals surface area contributed by atoms with Crippen LogP contribution in [0.5, 0.6) is 0 Å². The average Bonchev–Trinajstić information content (AvgIpc) is 2.90. The van der Waals surface area contributed by atoms with Gasteiger partial charge in [0.15, 0.2) is 0 Å². The fourth-order valence-corrected chi connectivity index (χ4v) is 5.64. The molecule has 37 heavy (non-hydrogen) atoms. The van der Waals surface area contributed by atoms with Gasteiger partial charge in [0.1, 0.15) is 12.8 Å². The van der Waals surface area contributed by atoms with E-state index in [0.717, 1.165) is 43.7 Å². The molecule has 222 valence electrons. The molecule has 0 saturated heterocycles. The molecule has 0 rings (SSSR count). The fourth-order valence-electron chi connectivity index (χ4n) is 4.69. The molecule has 0 aliphatic heterocycles. The normalized spacial score (nSPS) is 12.2. The number of carbonyl (C=O) groups excluding carboxylic acids is 1. The largest absolute Gasteiger partial charge is 0.461 e. The van der Waals surface area contributed by atoms with E-state index in [-0.39, 0.29) is 18.8 Å². The molecule has 0 bridgehead atoms. The van der Waals surface area contributed by atoms with E-state index >= 15 is 0 Å². The zero-order valence-electron chi connectivity index (χ0n) is 24.7. The van der Waals surface area contributed by atoms with Gasteiger partial charge in [0.2, 0.25) is 0 Å². The monoisotopic (exact) mass is 545 g/mol. The molecule has 0 amide bonds. The lowest BCUT2D eigenvalue weighted by Crippen LogP contribution is -2.23. The summed E-state index contributed by atoms with van der Waals surface area (Å²) in [5.74, 6) is 1.75. The number of carbonyl (C=O) groups is 1. The van der Waals surface area contributed by atoms with Gasteiger partial charge < -0.3 is 4.74 Å². The Bertz CT molecular complexity index is 453. The van der Waals surface area contributed by atoms with Crippen molar-refractivity contribution in [3.63, 3.8) is 0 Å². The number of hydrogen-bond donors (Lipinski definition) is 2. The lowest BCUT2D eigenvalue weighted by molar-refractivity contribution is -0.247. The number of nitrogens with one attached hydrogen (secondary N) is 1. The molecule has 0 spiro atoms. The first kappa shape index (κ1) is 36.7. The molecule has 0 aliphatic rings. The van der Waals surface area contributed by atoms with Gasteiger partial charge in [-0.3, -0.25) is 15.4 Å². The quantitative estimate of drug-likeness (QED) is 0.0297. The Hall–Kier alpha value is -0.300. The molecule has 0 fully saturated rings. The van der Waals surface area contributed by atoms with Crippen LogP contribution in [0.1, 0.15) is 162 Å². The second-order valence-electron chi connectivity index (χ2n) is 10.7. The van der Waals surface area contributed by atoms with Crippen molar-refractivity contribution in [2.45, 2.75) is 168 Å². The van der Waals surface area contributed by atoms with E-state index in [1.807, 2.05) is 0 Å². The summed E-state index contributed by atoms with van der Waals surface area (Å²) in [7, 11) is 0. The SMILES string of the molecule is CCCCCCCCCCCCCCC(CSCCNCOO)OC(=O)CCCCCCCCCCC. The second kappa shape index (κ2) is 31.9. The number of rotatable bonds is 31. The maximum atomic E-state index is 12.5. The summed E-state index contributed by atoms with van der Waals surface area (Å²) in [6.45, 7) is 5.45. The fraction of sp³-hybridized carbons (Fsp3) is 0.968. The minimum absolute atomic E-state index is 0.0145. The number of esters is 1. The van der Waals surface area contributed by atoms with Crippen molar-refractivity contribution in [2.75, 3.05) is 24.8 Å². The first-order valence-electron chi connectivity index (χ1n) is 16.0. The van der Waals surface area contributed by atoms with E-state index in [1.54, 1.807) is 11.8 Å². The van der Waals surface area contributed by atoms with Crippen molar-refractivity contribution in [2.24, 2.45) is 0 Å². The Morgan fingerprint density at radius 2 is 1.16 bits per heavy atom. The number of unbranched alkanes of at least 4 members (excludes halogenated alkanes) is 19. The maximum absolute atomic E-state index is 12.5. The Morgan fingerprint density at radius 1 is 0.703 bits per heavy atom. The number of hydrogen-bond acceptors (Lipinski definition) is 6. The van der Waals surface area contributed by atoms with Crippen molar-refractivity contribution < 1.29 is 19.7 Å². The first-order chi connectivity index (χ1) is 18.2. The molecule has 1 atom stereocenters. The molecule has 0 heterocycles. The highest BCUT2D eigenvalue weighted by atomic mass is 32.2. The minimum atomic E-state index is -0.0145. The van der Waals surface area contributed by atoms with Gasteiger partial charge in [0.05, 0.1) is 0 Å². The molecule has 0 saturated carbocycles. The molecule has 0 aromatic carbocycles. The van der Waals surface area contributed by atoms with Crippen LogP contribution in [-0.2, 0) is 14.4 Å². The summed E-state index contributed by atoms with van der Waals surface area (Å²) in [5, 5.41) is 11.4. The zero-order valence-corrected chi connectivity index (χ0v) is 25.6. The van der Waals surface area contributed by atoms with Crippen LogP contribution in [0.4, 0.5) is 0 Å². The van der Waals surface area contributed by atoms with E-state index in [1.165, 1.54) is 116 Å². The van der Waals surface area contributed by atoms with Crippen LogP contribution in [-0.4, -0.2) is 42.1 Å². The molecule has 5 nitrogen and oxygen atoms in total. The molecule has 6 heteroatoms. The van der Waals surface area contributed by atoms with Crippen LogP contribution in [0.2, 0.25) is 0 Å². The Balaban J connectivity index is 3.94. The van der Waals surface area contributed by atoms with Crippen LogP contribution in [0.3, 0.4) is 0 Å². The highest BCUT2D eigenvalue weighted by Gasteiger charge is 2.14. The van der Waals surface area contributed by atoms with Crippen LogP contribution < -0.4 is 5.32 Å². The maximum Gasteiger partial charge on any atom is 0.306 e.